The van der Waals surface area contributed by atoms with Crippen LogP contribution in [0.1, 0.15) is 164 Å². The molecule has 4 aromatic rings. The van der Waals surface area contributed by atoms with Gasteiger partial charge in [-0.3, -0.25) is 19.2 Å². The third kappa shape index (κ3) is 17.4. The van der Waals surface area contributed by atoms with Gasteiger partial charge >= 0.3 is 11.9 Å². The predicted octanol–water partition coefficient (Wildman–Crippen LogP) is 15.3. The maximum atomic E-state index is 13.6. The van der Waals surface area contributed by atoms with Crippen LogP contribution in [0.15, 0.2) is 123 Å². The molecule has 0 N–H and O–H groups in total. The summed E-state index contributed by atoms with van der Waals surface area (Å²) < 4.78 is 24.9. The van der Waals surface area contributed by atoms with Crippen molar-refractivity contribution in [3.63, 3.8) is 0 Å². The first kappa shape index (κ1) is 67.0. The van der Waals surface area contributed by atoms with Crippen LogP contribution in [-0.2, 0) is 52.3 Å². The number of allylic oxidation sites excluding steroid dienone is 2. The smallest absolute Gasteiger partial charge is 0.314 e. The molecule has 0 fully saturated rings. The van der Waals surface area contributed by atoms with Crippen molar-refractivity contribution in [2.75, 3.05) is 76.4 Å². The topological polar surface area (TPSA) is 118 Å². The summed E-state index contributed by atoms with van der Waals surface area (Å²) in [4.78, 5) is 61.5. The van der Waals surface area contributed by atoms with Crippen LogP contribution in [0.4, 0.5) is 11.4 Å². The maximum Gasteiger partial charge on any atom is 0.314 e. The maximum absolute atomic E-state index is 13.6. The first-order chi connectivity index (χ1) is 40.9. The number of carbonyl (C=O) groups is 4. The first-order valence-corrected chi connectivity index (χ1v) is 31.7. The van der Waals surface area contributed by atoms with Crippen LogP contribution in [0.5, 0.6) is 11.5 Å². The summed E-state index contributed by atoms with van der Waals surface area (Å²) in [6, 6.07) is 24.4. The van der Waals surface area contributed by atoms with Gasteiger partial charge < -0.3 is 38.5 Å². The number of aryl methyl sites for hydroxylation is 2. The van der Waals surface area contributed by atoms with Crippen LogP contribution in [0.2, 0.25) is 10.0 Å². The molecule has 8 rings (SSSR count). The molecule has 86 heavy (non-hydrogen) atoms. The molecule has 2 aliphatic heterocycles. The van der Waals surface area contributed by atoms with E-state index in [1.54, 1.807) is 36.0 Å². The summed E-state index contributed by atoms with van der Waals surface area (Å²) in [5, 5.41) is 1.53. The van der Waals surface area contributed by atoms with Crippen molar-refractivity contribution >= 4 is 58.3 Å². The van der Waals surface area contributed by atoms with Gasteiger partial charge in [0.1, 0.15) is 22.7 Å². The number of nitrogens with zero attached hydrogens (tertiary/aromatic N) is 4. The van der Waals surface area contributed by atoms with Gasteiger partial charge in [-0.2, -0.15) is 0 Å². The lowest BCUT2D eigenvalue weighted by Crippen LogP contribution is -2.46. The Morgan fingerprint density at radius 3 is 1.34 bits per heavy atom. The van der Waals surface area contributed by atoms with E-state index < -0.39 is 35.0 Å². The Labute approximate surface area is 523 Å². The molecule has 4 atom stereocenters. The number of hydrogen-bond acceptors (Lipinski definition) is 10. The summed E-state index contributed by atoms with van der Waals surface area (Å²) in [6.45, 7) is 31.6. The SMILES string of the molecule is C=CCCCCN1C[C@@]2(CCCc3cc(Cl)ccc32)COc2ccc([C@@H](CC(=O)N(C)CC=C)C(=O)OC(C)(C)C)cc21.C=CCCCCN1C[C@@]2(CCCc3cc(Cl)ccc32)COc2ccc([C@H](CC(=O)N(C)CC=C)C(=O)OC(C)(C)C)cc21. The molecule has 2 aliphatic carbocycles. The molecule has 2 spiro atoms. The molecule has 4 aliphatic rings. The number of ether oxygens (including phenoxy) is 4. The van der Waals surface area contributed by atoms with Crippen LogP contribution in [0.25, 0.3) is 0 Å². The van der Waals surface area contributed by atoms with Crippen LogP contribution < -0.4 is 19.3 Å². The normalized spacial score (nSPS) is 18.5. The Hall–Kier alpha value is -6.50. The fourth-order valence-electron chi connectivity index (χ4n) is 12.6. The highest BCUT2D eigenvalue weighted by Gasteiger charge is 2.44. The Morgan fingerprint density at radius 1 is 0.581 bits per heavy atom. The van der Waals surface area contributed by atoms with Gasteiger partial charge in [0, 0.05) is 87.1 Å². The molecule has 0 aromatic heterocycles. The zero-order valence-corrected chi connectivity index (χ0v) is 54.1. The van der Waals surface area contributed by atoms with Crippen molar-refractivity contribution in [3.05, 3.63) is 167 Å². The average Bonchev–Trinajstić information content (AvgIpc) is 1.67. The number of carbonyl (C=O) groups excluding carboxylic acids is 4. The van der Waals surface area contributed by atoms with E-state index in [0.29, 0.717) is 26.3 Å². The Balaban J connectivity index is 0.000000246. The Morgan fingerprint density at radius 2 is 0.977 bits per heavy atom. The molecular weight excluding hydrogens is 1120 g/mol. The number of amides is 2. The summed E-state index contributed by atoms with van der Waals surface area (Å²) >= 11 is 12.8. The molecule has 0 radical (unpaired) electrons. The van der Waals surface area contributed by atoms with Crippen LogP contribution in [0.3, 0.4) is 0 Å². The molecule has 2 heterocycles. The molecular formula is C72H94Cl2N4O8. The molecule has 2 amide bonds. The zero-order valence-electron chi connectivity index (χ0n) is 52.6. The summed E-state index contributed by atoms with van der Waals surface area (Å²) in [5.74, 6) is -1.00. The minimum atomic E-state index is -0.748. The van der Waals surface area contributed by atoms with Gasteiger partial charge in [-0.15, -0.1) is 26.3 Å². The van der Waals surface area contributed by atoms with E-state index in [9.17, 15) is 19.2 Å². The van der Waals surface area contributed by atoms with Crippen LogP contribution in [-0.4, -0.2) is 111 Å². The minimum Gasteiger partial charge on any atom is -0.490 e. The quantitative estimate of drug-likeness (QED) is 0.0428. The van der Waals surface area contributed by atoms with E-state index in [1.807, 2.05) is 102 Å². The predicted molar refractivity (Wildman–Crippen MR) is 351 cm³/mol. The highest BCUT2D eigenvalue weighted by molar-refractivity contribution is 6.31. The van der Waals surface area contributed by atoms with Crippen molar-refractivity contribution in [3.8, 4) is 11.5 Å². The highest BCUT2D eigenvalue weighted by Crippen LogP contribution is 2.48. The van der Waals surface area contributed by atoms with Gasteiger partial charge in [0.05, 0.1) is 36.4 Å². The monoisotopic (exact) mass is 1210 g/mol. The third-order valence-corrected chi connectivity index (χ3v) is 17.4. The second-order valence-corrected chi connectivity index (χ2v) is 26.9. The number of hydrogen-bond donors (Lipinski definition) is 0. The van der Waals surface area contributed by atoms with E-state index in [-0.39, 0.29) is 35.5 Å². The fraction of sp³-hybridized carbons (Fsp3) is 0.500. The van der Waals surface area contributed by atoms with Gasteiger partial charge in [0.15, 0.2) is 0 Å². The van der Waals surface area contributed by atoms with Crippen molar-refractivity contribution in [2.24, 2.45) is 0 Å². The summed E-state index contributed by atoms with van der Waals surface area (Å²) in [5.41, 5.74) is 6.92. The van der Waals surface area contributed by atoms with Gasteiger partial charge in [0.25, 0.3) is 0 Å². The van der Waals surface area contributed by atoms with E-state index in [2.05, 4.69) is 60.4 Å². The average molecular weight is 1210 g/mol. The lowest BCUT2D eigenvalue weighted by Gasteiger charge is -2.41. The first-order valence-electron chi connectivity index (χ1n) is 30.9. The van der Waals surface area contributed by atoms with Gasteiger partial charge in [-0.05, 0) is 201 Å². The van der Waals surface area contributed by atoms with E-state index in [0.717, 1.165) is 147 Å². The molecule has 12 nitrogen and oxygen atoms in total. The van der Waals surface area contributed by atoms with Gasteiger partial charge in [0.2, 0.25) is 11.8 Å². The van der Waals surface area contributed by atoms with E-state index >= 15 is 0 Å². The minimum absolute atomic E-state index is 0.0102. The second-order valence-electron chi connectivity index (χ2n) is 26.0. The van der Waals surface area contributed by atoms with Gasteiger partial charge in [-0.25, -0.2) is 0 Å². The van der Waals surface area contributed by atoms with Crippen molar-refractivity contribution in [1.29, 1.82) is 0 Å². The number of unbranched alkanes of at least 4 members (excludes halogenated alkanes) is 4. The number of fused-ring (bicyclic) bond motifs is 6. The highest BCUT2D eigenvalue weighted by atomic mass is 35.5. The molecule has 0 saturated heterocycles. The number of esters is 2. The summed E-state index contributed by atoms with van der Waals surface area (Å²) in [7, 11) is 3.45. The van der Waals surface area contributed by atoms with Crippen molar-refractivity contribution in [2.45, 2.75) is 165 Å². The molecule has 14 heteroatoms. The van der Waals surface area contributed by atoms with Crippen LogP contribution >= 0.6 is 23.2 Å². The number of anilines is 2. The Kier molecular flexibility index (Phi) is 23.3. The fourth-order valence-corrected chi connectivity index (χ4v) is 13.0. The molecule has 0 bridgehead atoms. The zero-order chi connectivity index (χ0) is 62.4. The van der Waals surface area contributed by atoms with Crippen molar-refractivity contribution < 1.29 is 38.1 Å². The van der Waals surface area contributed by atoms with Crippen molar-refractivity contribution in [1.82, 2.24) is 9.80 Å². The Bertz CT molecular complexity index is 2870. The lowest BCUT2D eigenvalue weighted by molar-refractivity contribution is -0.159. The number of benzene rings is 4. The molecule has 0 unspecified atom stereocenters. The largest absolute Gasteiger partial charge is 0.490 e. The second kappa shape index (κ2) is 29.9. The summed E-state index contributed by atoms with van der Waals surface area (Å²) in [6.07, 6.45) is 19.5. The third-order valence-electron chi connectivity index (χ3n) is 16.9. The lowest BCUT2D eigenvalue weighted by atomic mass is 9.70. The number of likely N-dealkylation sites (N-methyl/N-ethyl adjacent to an activating group) is 2. The van der Waals surface area contributed by atoms with Gasteiger partial charge in [-0.1, -0.05) is 71.8 Å². The van der Waals surface area contributed by atoms with E-state index in [4.69, 9.17) is 42.1 Å². The molecule has 4 aromatic carbocycles. The number of rotatable bonds is 22. The van der Waals surface area contributed by atoms with Crippen LogP contribution in [0, 0.1) is 0 Å². The standard InChI is InChI=1S/2C36H47ClN2O4/c2*1-7-9-10-11-20-39-24-36(18-12-13-27-21-28(37)15-16-30(27)36)25-42-32-17-14-26(22-31(32)39)29(34(41)43-35(3,4)5)23-33(40)38(6)19-8-2/h2*7-8,14-17,21-22,29H,1-2,9-13,18-20,23-25H2,3-6H3/t29-,36+;29-,36-/m10/s1. The number of halogens is 2. The van der Waals surface area contributed by atoms with E-state index in [1.165, 1.54) is 22.3 Å². The molecule has 0 saturated carbocycles. The molecule has 464 valence electrons.